The van der Waals surface area contributed by atoms with Crippen molar-refractivity contribution < 1.29 is 8.42 Å². The fraction of sp³-hybridized carbons (Fsp3) is 0.474. The van der Waals surface area contributed by atoms with Gasteiger partial charge in [0.2, 0.25) is 0 Å². The molecule has 1 aromatic carbocycles. The number of nitrogens with one attached hydrogen (secondary N) is 2. The molecule has 1 aliphatic rings. The van der Waals surface area contributed by atoms with E-state index in [1.165, 1.54) is 43.4 Å². The predicted molar refractivity (Wildman–Crippen MR) is 104 cm³/mol. The molecule has 3 rings (SSSR count). The highest BCUT2D eigenvalue weighted by Gasteiger charge is 2.19. The average Bonchev–Trinajstić information content (AvgIpc) is 3.27. The normalized spacial score (nSPS) is 16.8. The lowest BCUT2D eigenvalue weighted by atomic mass is 9.99. The maximum Gasteiger partial charge on any atom is 0.262 e. The highest BCUT2D eigenvalue weighted by atomic mass is 32.2. The van der Waals surface area contributed by atoms with Crippen LogP contribution in [0.4, 0.5) is 5.69 Å². The van der Waals surface area contributed by atoms with Crippen LogP contribution in [0.2, 0.25) is 0 Å². The van der Waals surface area contributed by atoms with E-state index in [0.29, 0.717) is 23.2 Å². The summed E-state index contributed by atoms with van der Waals surface area (Å²) in [5.74, 6) is 0.842. The van der Waals surface area contributed by atoms with E-state index in [0.717, 1.165) is 11.5 Å². The zero-order valence-electron chi connectivity index (χ0n) is 14.6. The molecule has 1 aromatic heterocycles. The summed E-state index contributed by atoms with van der Waals surface area (Å²) >= 11 is 1.38. The molecule has 25 heavy (non-hydrogen) atoms. The molecular formula is C19H26N2O2S2. The Morgan fingerprint density at radius 1 is 1.20 bits per heavy atom. The average molecular weight is 379 g/mol. The first-order chi connectivity index (χ1) is 12.0. The Hall–Kier alpha value is -1.37. The van der Waals surface area contributed by atoms with E-state index < -0.39 is 10.0 Å². The fourth-order valence-electron chi connectivity index (χ4n) is 3.50. The van der Waals surface area contributed by atoms with Gasteiger partial charge in [0.1, 0.15) is 0 Å². The summed E-state index contributed by atoms with van der Waals surface area (Å²) in [6.07, 6.45) is 6.63. The highest BCUT2D eigenvalue weighted by Crippen LogP contribution is 2.28. The monoisotopic (exact) mass is 378 g/mol. The van der Waals surface area contributed by atoms with Crippen molar-refractivity contribution in [3.63, 3.8) is 0 Å². The van der Waals surface area contributed by atoms with Crippen molar-refractivity contribution in [3.05, 3.63) is 46.7 Å². The van der Waals surface area contributed by atoms with Crippen LogP contribution in [0.15, 0.2) is 46.0 Å². The van der Waals surface area contributed by atoms with Gasteiger partial charge in [0.05, 0.1) is 10.6 Å². The van der Waals surface area contributed by atoms with E-state index in [1.807, 2.05) is 24.3 Å². The van der Waals surface area contributed by atoms with Crippen LogP contribution >= 0.6 is 11.3 Å². The number of thiophene rings is 1. The van der Waals surface area contributed by atoms with Gasteiger partial charge < -0.3 is 5.32 Å². The number of rotatable bonds is 8. The van der Waals surface area contributed by atoms with Gasteiger partial charge in [0.25, 0.3) is 10.0 Å². The molecule has 0 aliphatic heterocycles. The molecule has 2 aromatic rings. The summed E-state index contributed by atoms with van der Waals surface area (Å²) in [5, 5.41) is 6.97. The molecule has 0 spiro atoms. The maximum absolute atomic E-state index is 12.5. The Kier molecular flexibility index (Phi) is 6.15. The number of anilines is 1. The van der Waals surface area contributed by atoms with Crippen LogP contribution in [0.1, 0.15) is 44.6 Å². The minimum atomic E-state index is -3.52. The predicted octanol–water partition coefficient (Wildman–Crippen LogP) is 4.61. The van der Waals surface area contributed by atoms with Crippen molar-refractivity contribution in [1.82, 2.24) is 5.32 Å². The summed E-state index contributed by atoms with van der Waals surface area (Å²) in [6, 6.07) is 9.66. The number of benzene rings is 1. The molecule has 2 N–H and O–H groups in total. The second kappa shape index (κ2) is 8.34. The minimum Gasteiger partial charge on any atom is -0.310 e. The Labute approximate surface area is 154 Å². The molecule has 1 aliphatic carbocycles. The van der Waals surface area contributed by atoms with Crippen molar-refractivity contribution in [1.29, 1.82) is 0 Å². The summed E-state index contributed by atoms with van der Waals surface area (Å²) < 4.78 is 27.6. The van der Waals surface area contributed by atoms with E-state index in [4.69, 9.17) is 0 Å². The van der Waals surface area contributed by atoms with Crippen LogP contribution in [0.3, 0.4) is 0 Å². The SMILES string of the molecule is C[C@@H](CC1CCCC1)NCc1ccccc1NS(=O)(=O)c1ccsc1. The number of para-hydroxylation sites is 1. The van der Waals surface area contributed by atoms with Crippen LogP contribution in [-0.2, 0) is 16.6 Å². The second-order valence-electron chi connectivity index (χ2n) is 6.89. The van der Waals surface area contributed by atoms with Gasteiger partial charge in [0, 0.05) is 18.0 Å². The topological polar surface area (TPSA) is 58.2 Å². The van der Waals surface area contributed by atoms with Crippen LogP contribution in [0, 0.1) is 5.92 Å². The molecule has 0 amide bonds. The van der Waals surface area contributed by atoms with E-state index >= 15 is 0 Å². The summed E-state index contributed by atoms with van der Waals surface area (Å²) in [7, 11) is -3.52. The second-order valence-corrected chi connectivity index (χ2v) is 9.35. The maximum atomic E-state index is 12.5. The van der Waals surface area contributed by atoms with Crippen molar-refractivity contribution in [2.45, 2.75) is 56.5 Å². The van der Waals surface area contributed by atoms with Gasteiger partial charge in [-0.25, -0.2) is 8.42 Å². The van der Waals surface area contributed by atoms with Gasteiger partial charge in [-0.3, -0.25) is 4.72 Å². The number of sulfonamides is 1. The van der Waals surface area contributed by atoms with Crippen LogP contribution < -0.4 is 10.0 Å². The van der Waals surface area contributed by atoms with Gasteiger partial charge in [0.15, 0.2) is 0 Å². The van der Waals surface area contributed by atoms with Gasteiger partial charge in [-0.2, -0.15) is 11.3 Å². The molecule has 1 saturated carbocycles. The molecule has 0 unspecified atom stereocenters. The molecule has 1 atom stereocenters. The number of hydrogen-bond acceptors (Lipinski definition) is 4. The lowest BCUT2D eigenvalue weighted by molar-refractivity contribution is 0.404. The molecule has 6 heteroatoms. The van der Waals surface area contributed by atoms with Gasteiger partial charge >= 0.3 is 0 Å². The quantitative estimate of drug-likeness (QED) is 0.705. The molecular weight excluding hydrogens is 352 g/mol. The molecule has 0 saturated heterocycles. The van der Waals surface area contributed by atoms with Crippen molar-refractivity contribution in [3.8, 4) is 0 Å². The minimum absolute atomic E-state index is 0.315. The fourth-order valence-corrected chi connectivity index (χ4v) is 5.63. The largest absolute Gasteiger partial charge is 0.310 e. The van der Waals surface area contributed by atoms with E-state index in [-0.39, 0.29) is 0 Å². The molecule has 4 nitrogen and oxygen atoms in total. The van der Waals surface area contributed by atoms with Crippen molar-refractivity contribution in [2.24, 2.45) is 5.92 Å². The van der Waals surface area contributed by atoms with Crippen molar-refractivity contribution >= 4 is 27.0 Å². The Morgan fingerprint density at radius 2 is 1.96 bits per heavy atom. The summed E-state index contributed by atoms with van der Waals surface area (Å²) in [4.78, 5) is 0.315. The third kappa shape index (κ3) is 5.06. The Bertz CT molecular complexity index is 766. The zero-order valence-corrected chi connectivity index (χ0v) is 16.2. The first kappa shape index (κ1) is 18.4. The molecule has 0 radical (unpaired) electrons. The molecule has 0 bridgehead atoms. The number of hydrogen-bond donors (Lipinski definition) is 2. The smallest absolute Gasteiger partial charge is 0.262 e. The summed E-state index contributed by atoms with van der Waals surface area (Å²) in [6.45, 7) is 2.88. The van der Waals surface area contributed by atoms with E-state index in [2.05, 4.69) is 17.0 Å². The van der Waals surface area contributed by atoms with Crippen LogP contribution in [0.25, 0.3) is 0 Å². The van der Waals surface area contributed by atoms with Gasteiger partial charge in [-0.05, 0) is 42.3 Å². The lowest BCUT2D eigenvalue weighted by Gasteiger charge is -2.19. The highest BCUT2D eigenvalue weighted by molar-refractivity contribution is 7.92. The van der Waals surface area contributed by atoms with Gasteiger partial charge in [-0.1, -0.05) is 43.9 Å². The molecule has 1 fully saturated rings. The first-order valence-corrected chi connectivity index (χ1v) is 11.3. The van der Waals surface area contributed by atoms with Crippen LogP contribution in [-0.4, -0.2) is 14.5 Å². The Balaban J connectivity index is 1.62. The van der Waals surface area contributed by atoms with E-state index in [9.17, 15) is 8.42 Å². The zero-order chi connectivity index (χ0) is 17.7. The third-order valence-electron chi connectivity index (χ3n) is 4.87. The van der Waals surface area contributed by atoms with Gasteiger partial charge in [-0.15, -0.1) is 0 Å². The standard InChI is InChI=1S/C19H26N2O2S2/c1-15(12-16-6-2-3-7-16)20-13-17-8-4-5-9-19(17)21-25(22,23)18-10-11-24-14-18/h4-5,8-11,14-16,20-21H,2-3,6-7,12-13H2,1H3/t15-/m0/s1. The Morgan fingerprint density at radius 3 is 2.68 bits per heavy atom. The van der Waals surface area contributed by atoms with Crippen LogP contribution in [0.5, 0.6) is 0 Å². The van der Waals surface area contributed by atoms with E-state index in [1.54, 1.807) is 16.8 Å². The first-order valence-electron chi connectivity index (χ1n) is 8.91. The van der Waals surface area contributed by atoms with Crippen molar-refractivity contribution in [2.75, 3.05) is 4.72 Å². The third-order valence-corrected chi connectivity index (χ3v) is 7.07. The lowest BCUT2D eigenvalue weighted by Crippen LogP contribution is -2.28. The molecule has 1 heterocycles. The summed E-state index contributed by atoms with van der Waals surface area (Å²) in [5.41, 5.74) is 1.62. The molecule has 136 valence electrons.